The summed E-state index contributed by atoms with van der Waals surface area (Å²) in [5.74, 6) is -6.93. The molecule has 0 bridgehead atoms. The first kappa shape index (κ1) is 17.6. The molecule has 12 heteroatoms. The molecule has 0 atom stereocenters. The van der Waals surface area contributed by atoms with E-state index in [0.717, 1.165) is 16.8 Å². The fraction of sp³-hybridized carbons (Fsp3) is 0.333. The molecular formula is C12H10F5N5O2. The number of carbonyl (C=O) groups is 1. The summed E-state index contributed by atoms with van der Waals surface area (Å²) in [6.07, 6.45) is -6.02. The van der Waals surface area contributed by atoms with Crippen molar-refractivity contribution < 1.29 is 31.9 Å². The summed E-state index contributed by atoms with van der Waals surface area (Å²) in [6, 6.07) is 0. The van der Waals surface area contributed by atoms with Gasteiger partial charge in [-0.1, -0.05) is 0 Å². The molecule has 130 valence electrons. The summed E-state index contributed by atoms with van der Waals surface area (Å²) in [5, 5.41) is 16.2. The number of fused-ring (bicyclic) bond motifs is 1. The van der Waals surface area contributed by atoms with Crippen LogP contribution in [0.2, 0.25) is 0 Å². The summed E-state index contributed by atoms with van der Waals surface area (Å²) < 4.78 is 63.9. The van der Waals surface area contributed by atoms with Crippen molar-refractivity contribution in [1.82, 2.24) is 14.4 Å². The van der Waals surface area contributed by atoms with Crippen LogP contribution in [-0.4, -0.2) is 43.4 Å². The molecule has 2 aromatic rings. The number of imidazole rings is 1. The smallest absolute Gasteiger partial charge is 0.453 e. The van der Waals surface area contributed by atoms with E-state index < -0.39 is 42.4 Å². The Morgan fingerprint density at radius 2 is 1.79 bits per heavy atom. The second-order valence-corrected chi connectivity index (χ2v) is 4.85. The molecule has 2 rings (SSSR count). The van der Waals surface area contributed by atoms with E-state index >= 15 is 0 Å². The lowest BCUT2D eigenvalue weighted by molar-refractivity contribution is -0.284. The van der Waals surface area contributed by atoms with Gasteiger partial charge in [0, 0.05) is 18.8 Å². The monoisotopic (exact) mass is 351 g/mol. The van der Waals surface area contributed by atoms with Gasteiger partial charge < -0.3 is 15.2 Å². The van der Waals surface area contributed by atoms with E-state index in [9.17, 15) is 26.7 Å². The van der Waals surface area contributed by atoms with Gasteiger partial charge in [-0.05, 0) is 6.42 Å². The molecule has 24 heavy (non-hydrogen) atoms. The van der Waals surface area contributed by atoms with Crippen molar-refractivity contribution in [2.24, 2.45) is 5.73 Å². The molecule has 2 heterocycles. The number of rotatable bonds is 5. The number of nitrogens with zero attached hydrogens (tertiary/aromatic N) is 3. The van der Waals surface area contributed by atoms with Crippen LogP contribution in [0.4, 0.5) is 22.0 Å². The van der Waals surface area contributed by atoms with Crippen LogP contribution in [0.1, 0.15) is 28.3 Å². The van der Waals surface area contributed by atoms with Crippen molar-refractivity contribution in [2.45, 2.75) is 24.9 Å². The second kappa shape index (κ2) is 5.69. The van der Waals surface area contributed by atoms with Crippen molar-refractivity contribution in [3.05, 3.63) is 29.5 Å². The molecule has 0 amide bonds. The van der Waals surface area contributed by atoms with Gasteiger partial charge in [0.25, 0.3) is 0 Å². The highest BCUT2D eigenvalue weighted by molar-refractivity contribution is 5.93. The number of nitrogens with two attached hydrogens (primary N) is 1. The van der Waals surface area contributed by atoms with Gasteiger partial charge in [-0.3, -0.25) is 5.41 Å². The Labute approximate surface area is 130 Å². The molecule has 0 aliphatic heterocycles. The van der Waals surface area contributed by atoms with E-state index in [1.54, 1.807) is 0 Å². The Balaban J connectivity index is 2.47. The third-order valence-corrected chi connectivity index (χ3v) is 3.09. The number of nitrogens with one attached hydrogen (secondary N) is 1. The zero-order valence-corrected chi connectivity index (χ0v) is 11.7. The highest BCUT2D eigenvalue weighted by atomic mass is 19.4. The van der Waals surface area contributed by atoms with Crippen LogP contribution in [0.15, 0.2) is 12.4 Å². The lowest BCUT2D eigenvalue weighted by Crippen LogP contribution is -2.36. The molecule has 7 nitrogen and oxygen atoms in total. The number of alkyl halides is 5. The topological polar surface area (TPSA) is 117 Å². The number of carboxylic acids is 1. The zero-order chi connectivity index (χ0) is 18.3. The van der Waals surface area contributed by atoms with E-state index in [0.29, 0.717) is 0 Å². The quantitative estimate of drug-likeness (QED) is 0.432. The second-order valence-electron chi connectivity index (χ2n) is 4.85. The number of halogens is 5. The number of amidine groups is 1. The summed E-state index contributed by atoms with van der Waals surface area (Å²) >= 11 is 0. The van der Waals surface area contributed by atoms with Crippen molar-refractivity contribution >= 4 is 17.5 Å². The van der Waals surface area contributed by atoms with Gasteiger partial charge in [0.05, 0.1) is 5.69 Å². The minimum Gasteiger partial charge on any atom is -0.476 e. The fourth-order valence-electron chi connectivity index (χ4n) is 1.88. The van der Waals surface area contributed by atoms with Crippen LogP contribution in [0, 0.1) is 5.41 Å². The first-order chi connectivity index (χ1) is 10.9. The number of aromatic carboxylic acids is 1. The molecule has 0 saturated heterocycles. The standard InChI is InChI=1S/C12H10F5N5O2/c13-11(14,12(15,16)17)2-1-5-9-21-7(10(23)24)4-22(9)3-6(20-5)8(18)19/h3-4H,1-2H2,(H3,18,19)(H,23,24). The first-order valence-corrected chi connectivity index (χ1v) is 6.33. The summed E-state index contributed by atoms with van der Waals surface area (Å²) in [5.41, 5.74) is 4.05. The molecule has 0 aliphatic carbocycles. The van der Waals surface area contributed by atoms with Crippen molar-refractivity contribution in [2.75, 3.05) is 0 Å². The highest BCUT2D eigenvalue weighted by Gasteiger charge is 2.56. The molecule has 0 unspecified atom stereocenters. The van der Waals surface area contributed by atoms with Gasteiger partial charge in [0.2, 0.25) is 0 Å². The van der Waals surface area contributed by atoms with Crippen molar-refractivity contribution in [3.63, 3.8) is 0 Å². The van der Waals surface area contributed by atoms with Gasteiger partial charge in [0.15, 0.2) is 11.3 Å². The van der Waals surface area contributed by atoms with Gasteiger partial charge in [-0.2, -0.15) is 22.0 Å². The van der Waals surface area contributed by atoms with E-state index in [2.05, 4.69) is 9.97 Å². The van der Waals surface area contributed by atoms with E-state index in [4.69, 9.17) is 16.2 Å². The average Bonchev–Trinajstić information content (AvgIpc) is 2.87. The van der Waals surface area contributed by atoms with Crippen LogP contribution >= 0.6 is 0 Å². The van der Waals surface area contributed by atoms with E-state index in [1.807, 2.05) is 0 Å². The first-order valence-electron chi connectivity index (χ1n) is 6.33. The lowest BCUT2D eigenvalue weighted by Gasteiger charge is -2.19. The number of aromatic nitrogens is 3. The number of hydrogen-bond donors (Lipinski definition) is 3. The third kappa shape index (κ3) is 3.26. The molecule has 0 aliphatic rings. The third-order valence-electron chi connectivity index (χ3n) is 3.09. The lowest BCUT2D eigenvalue weighted by atomic mass is 10.1. The van der Waals surface area contributed by atoms with Crippen molar-refractivity contribution in [3.8, 4) is 0 Å². The predicted octanol–water partition coefficient (Wildman–Crippen LogP) is 1.84. The minimum absolute atomic E-state index is 0.199. The maximum Gasteiger partial charge on any atom is 0.453 e. The maximum atomic E-state index is 13.1. The number of nitrogen functional groups attached to an aromatic ring is 1. The van der Waals surface area contributed by atoms with Crippen LogP contribution in [0.25, 0.3) is 5.65 Å². The molecule has 0 fully saturated rings. The summed E-state index contributed by atoms with van der Waals surface area (Å²) in [7, 11) is 0. The molecule has 0 radical (unpaired) electrons. The number of carboxylic acid groups (broad SMARTS) is 1. The Bertz CT molecular complexity index is 814. The molecule has 0 saturated carbocycles. The summed E-state index contributed by atoms with van der Waals surface area (Å²) in [4.78, 5) is 18.3. The van der Waals surface area contributed by atoms with Gasteiger partial charge in [-0.15, -0.1) is 0 Å². The zero-order valence-electron chi connectivity index (χ0n) is 11.7. The van der Waals surface area contributed by atoms with E-state index in [-0.39, 0.29) is 17.0 Å². The predicted molar refractivity (Wildman–Crippen MR) is 70.3 cm³/mol. The fourth-order valence-corrected chi connectivity index (χ4v) is 1.88. The Hall–Kier alpha value is -2.79. The average molecular weight is 351 g/mol. The van der Waals surface area contributed by atoms with Crippen LogP contribution < -0.4 is 5.73 Å². The highest BCUT2D eigenvalue weighted by Crippen LogP contribution is 2.38. The van der Waals surface area contributed by atoms with Crippen LogP contribution in [-0.2, 0) is 6.42 Å². The van der Waals surface area contributed by atoms with Gasteiger partial charge in [-0.25, -0.2) is 14.8 Å². The van der Waals surface area contributed by atoms with Crippen LogP contribution in [0.5, 0.6) is 0 Å². The molecule has 0 aromatic carbocycles. The molecule has 0 spiro atoms. The number of hydrogen-bond acceptors (Lipinski definition) is 4. The summed E-state index contributed by atoms with van der Waals surface area (Å²) in [6.45, 7) is 0. The van der Waals surface area contributed by atoms with Gasteiger partial charge >= 0.3 is 18.1 Å². The number of aryl methyl sites for hydroxylation is 1. The Morgan fingerprint density at radius 1 is 1.21 bits per heavy atom. The van der Waals surface area contributed by atoms with Crippen molar-refractivity contribution in [1.29, 1.82) is 5.41 Å². The van der Waals surface area contributed by atoms with Crippen LogP contribution in [0.3, 0.4) is 0 Å². The normalized spacial score (nSPS) is 12.5. The maximum absolute atomic E-state index is 13.1. The Kier molecular flexibility index (Phi) is 4.16. The minimum atomic E-state index is -5.72. The van der Waals surface area contributed by atoms with E-state index in [1.165, 1.54) is 0 Å². The van der Waals surface area contributed by atoms with Gasteiger partial charge in [0.1, 0.15) is 11.5 Å². The SMILES string of the molecule is N=C(N)c1cn2cc(C(=O)O)nc2c(CCC(F)(F)C(F)(F)F)n1. The molecule has 2 aromatic heterocycles. The molecular weight excluding hydrogens is 341 g/mol. The Morgan fingerprint density at radius 3 is 2.29 bits per heavy atom. The molecule has 4 N–H and O–H groups in total. The largest absolute Gasteiger partial charge is 0.476 e.